The minimum absolute atomic E-state index is 0.618. The molecule has 0 bridgehead atoms. The van der Waals surface area contributed by atoms with Gasteiger partial charge < -0.3 is 0 Å². The average molecular weight is 391 g/mol. The quantitative estimate of drug-likeness (QED) is 0.458. The summed E-state index contributed by atoms with van der Waals surface area (Å²) in [5.41, 5.74) is 5.66. The Hall–Kier alpha value is -0.510. The van der Waals surface area contributed by atoms with E-state index in [0.717, 1.165) is 0 Å². The van der Waals surface area contributed by atoms with Gasteiger partial charge in [-0.2, -0.15) is 0 Å². The van der Waals surface area contributed by atoms with Gasteiger partial charge in [-0.05, 0) is 74.2 Å². The second kappa shape index (κ2) is 8.92. The van der Waals surface area contributed by atoms with Crippen molar-refractivity contribution in [3.8, 4) is 0 Å². The minimum atomic E-state index is 0.618. The van der Waals surface area contributed by atoms with E-state index in [4.69, 9.17) is 0 Å². The Bertz CT molecular complexity index is 682. The van der Waals surface area contributed by atoms with Crippen molar-refractivity contribution in [2.24, 2.45) is 0 Å². The third-order valence-electron chi connectivity index (χ3n) is 4.32. The zero-order valence-corrected chi connectivity index (χ0v) is 19.1. The molecule has 0 spiro atoms. The van der Waals surface area contributed by atoms with E-state index in [1.54, 1.807) is 0 Å². The first-order chi connectivity index (χ1) is 11.7. The van der Waals surface area contributed by atoms with E-state index >= 15 is 0 Å². The van der Waals surface area contributed by atoms with Crippen LogP contribution >= 0.6 is 35.3 Å². The molecule has 0 radical (unpaired) electrons. The third kappa shape index (κ3) is 5.24. The fraction of sp³-hybridized carbons (Fsp3) is 0.455. The van der Waals surface area contributed by atoms with Gasteiger partial charge >= 0.3 is 0 Å². The third-order valence-corrected chi connectivity index (χ3v) is 7.98. The molecule has 2 rings (SSSR count). The maximum Gasteiger partial charge on any atom is 0.0155 e. The standard InChI is InChI=1S/C22H30S3/c1-13(2)23-19-9-11-21(17(7)15(19)5)25-22-12-10-20(24-14(3)4)16(6)18(22)8/h9-14H,1-8H3. The molecular weight excluding hydrogens is 360 g/mol. The molecule has 2 aromatic carbocycles. The van der Waals surface area contributed by atoms with Crippen LogP contribution in [0.3, 0.4) is 0 Å². The normalized spacial score (nSPS) is 11.6. The highest BCUT2D eigenvalue weighted by Crippen LogP contribution is 2.40. The van der Waals surface area contributed by atoms with E-state index in [-0.39, 0.29) is 0 Å². The zero-order valence-electron chi connectivity index (χ0n) is 16.7. The second-order valence-corrected chi connectivity index (χ2v) is 11.4. The van der Waals surface area contributed by atoms with Crippen LogP contribution in [0.15, 0.2) is 43.8 Å². The van der Waals surface area contributed by atoms with Crippen LogP contribution in [0.5, 0.6) is 0 Å². The van der Waals surface area contributed by atoms with Crippen molar-refractivity contribution in [1.82, 2.24) is 0 Å². The summed E-state index contributed by atoms with van der Waals surface area (Å²) in [6.45, 7) is 18.0. The molecule has 0 amide bonds. The Morgan fingerprint density at radius 1 is 0.520 bits per heavy atom. The number of hydrogen-bond donors (Lipinski definition) is 0. The first-order valence-electron chi connectivity index (χ1n) is 8.92. The highest BCUT2D eigenvalue weighted by molar-refractivity contribution is 8.00. The summed E-state index contributed by atoms with van der Waals surface area (Å²) in [6.07, 6.45) is 0. The molecule has 25 heavy (non-hydrogen) atoms. The van der Waals surface area contributed by atoms with Gasteiger partial charge in [-0.15, -0.1) is 23.5 Å². The van der Waals surface area contributed by atoms with Crippen LogP contribution < -0.4 is 0 Å². The fourth-order valence-electron chi connectivity index (χ4n) is 2.64. The Labute approximate surface area is 167 Å². The van der Waals surface area contributed by atoms with Gasteiger partial charge in [0.1, 0.15) is 0 Å². The average Bonchev–Trinajstić information content (AvgIpc) is 2.53. The molecule has 0 aliphatic heterocycles. The molecule has 136 valence electrons. The lowest BCUT2D eigenvalue weighted by Crippen LogP contribution is -1.95. The lowest BCUT2D eigenvalue weighted by atomic mass is 10.1. The van der Waals surface area contributed by atoms with Crippen molar-refractivity contribution in [1.29, 1.82) is 0 Å². The Kier molecular flexibility index (Phi) is 7.42. The zero-order chi connectivity index (χ0) is 18.7. The van der Waals surface area contributed by atoms with Crippen LogP contribution in [0.2, 0.25) is 0 Å². The van der Waals surface area contributed by atoms with Crippen LogP contribution in [-0.2, 0) is 0 Å². The van der Waals surface area contributed by atoms with Crippen molar-refractivity contribution in [3.05, 3.63) is 46.5 Å². The molecule has 0 aromatic heterocycles. The largest absolute Gasteiger partial charge is 0.123 e. The van der Waals surface area contributed by atoms with Gasteiger partial charge in [0, 0.05) is 30.1 Å². The Morgan fingerprint density at radius 3 is 1.12 bits per heavy atom. The minimum Gasteiger partial charge on any atom is -0.123 e. The van der Waals surface area contributed by atoms with Crippen molar-refractivity contribution in [2.75, 3.05) is 0 Å². The SMILES string of the molecule is Cc1c(Sc2ccc(SC(C)C)c(C)c2C)ccc(SC(C)C)c1C. The number of rotatable bonds is 6. The lowest BCUT2D eigenvalue weighted by molar-refractivity contribution is 1.08. The van der Waals surface area contributed by atoms with E-state index in [2.05, 4.69) is 79.7 Å². The maximum absolute atomic E-state index is 2.29. The molecule has 0 saturated carbocycles. The fourth-order valence-corrected chi connectivity index (χ4v) is 5.73. The highest BCUT2D eigenvalue weighted by Gasteiger charge is 2.13. The van der Waals surface area contributed by atoms with Gasteiger partial charge in [0.05, 0.1) is 0 Å². The van der Waals surface area contributed by atoms with E-state index in [0.29, 0.717) is 10.5 Å². The molecule has 0 atom stereocenters. The molecule has 0 saturated heterocycles. The molecule has 0 heterocycles. The summed E-state index contributed by atoms with van der Waals surface area (Å²) in [5, 5.41) is 1.24. The second-order valence-electron chi connectivity index (χ2n) is 7.06. The summed E-state index contributed by atoms with van der Waals surface area (Å²) in [5.74, 6) is 0. The molecule has 0 unspecified atom stereocenters. The molecule has 0 aliphatic rings. The number of benzene rings is 2. The topological polar surface area (TPSA) is 0 Å². The van der Waals surface area contributed by atoms with Crippen LogP contribution in [0.1, 0.15) is 49.9 Å². The van der Waals surface area contributed by atoms with Gasteiger partial charge in [-0.3, -0.25) is 0 Å². The van der Waals surface area contributed by atoms with Gasteiger partial charge in [0.2, 0.25) is 0 Å². The molecule has 0 nitrogen and oxygen atoms in total. The van der Waals surface area contributed by atoms with Gasteiger partial charge in [-0.1, -0.05) is 39.5 Å². The van der Waals surface area contributed by atoms with Crippen molar-refractivity contribution in [2.45, 2.75) is 85.5 Å². The molecule has 0 fully saturated rings. The predicted octanol–water partition coefficient (Wildman–Crippen LogP) is 8.07. The Morgan fingerprint density at radius 2 is 0.800 bits per heavy atom. The van der Waals surface area contributed by atoms with Crippen molar-refractivity contribution in [3.63, 3.8) is 0 Å². The smallest absolute Gasteiger partial charge is 0.0155 e. The highest BCUT2D eigenvalue weighted by atomic mass is 32.2. The number of thioether (sulfide) groups is 2. The molecule has 0 aliphatic carbocycles. The van der Waals surface area contributed by atoms with Crippen LogP contribution in [-0.4, -0.2) is 10.5 Å². The van der Waals surface area contributed by atoms with Gasteiger partial charge in [0.15, 0.2) is 0 Å². The Balaban J connectivity index is 2.31. The predicted molar refractivity (Wildman–Crippen MR) is 118 cm³/mol. The monoisotopic (exact) mass is 390 g/mol. The van der Waals surface area contributed by atoms with E-state index in [9.17, 15) is 0 Å². The summed E-state index contributed by atoms with van der Waals surface area (Å²) < 4.78 is 0. The lowest BCUT2D eigenvalue weighted by Gasteiger charge is -2.17. The van der Waals surface area contributed by atoms with Crippen LogP contribution in [0.25, 0.3) is 0 Å². The summed E-state index contributed by atoms with van der Waals surface area (Å²) in [7, 11) is 0. The van der Waals surface area contributed by atoms with E-state index in [1.807, 2.05) is 35.3 Å². The molecule has 0 N–H and O–H groups in total. The molecule has 2 aromatic rings. The summed E-state index contributed by atoms with van der Waals surface area (Å²) >= 11 is 5.82. The number of hydrogen-bond acceptors (Lipinski definition) is 3. The maximum atomic E-state index is 2.29. The van der Waals surface area contributed by atoms with Crippen LogP contribution in [0.4, 0.5) is 0 Å². The first-order valence-corrected chi connectivity index (χ1v) is 11.5. The molecular formula is C22H30S3. The van der Waals surface area contributed by atoms with Gasteiger partial charge in [-0.25, -0.2) is 0 Å². The van der Waals surface area contributed by atoms with Crippen molar-refractivity contribution < 1.29 is 0 Å². The summed E-state index contributed by atoms with van der Waals surface area (Å²) in [6, 6.07) is 9.17. The van der Waals surface area contributed by atoms with E-state index in [1.165, 1.54) is 41.8 Å². The van der Waals surface area contributed by atoms with Crippen molar-refractivity contribution >= 4 is 35.3 Å². The first kappa shape index (κ1) is 20.8. The van der Waals surface area contributed by atoms with Crippen LogP contribution in [0, 0.1) is 27.7 Å². The van der Waals surface area contributed by atoms with E-state index < -0.39 is 0 Å². The summed E-state index contributed by atoms with van der Waals surface area (Å²) in [4.78, 5) is 5.57. The van der Waals surface area contributed by atoms with Gasteiger partial charge in [0.25, 0.3) is 0 Å². The molecule has 3 heteroatoms.